The quantitative estimate of drug-likeness (QED) is 0.648. The zero-order valence-electron chi connectivity index (χ0n) is 17.6. The molecule has 6 heteroatoms. The second-order valence-corrected chi connectivity index (χ2v) is 7.56. The second-order valence-electron chi connectivity index (χ2n) is 7.56. The summed E-state index contributed by atoms with van der Waals surface area (Å²) in [7, 11) is 0. The van der Waals surface area contributed by atoms with Crippen molar-refractivity contribution >= 4 is 11.7 Å². The van der Waals surface area contributed by atoms with Crippen LogP contribution in [0.4, 0.5) is 5.82 Å². The lowest BCUT2D eigenvalue weighted by Crippen LogP contribution is -2.31. The molecule has 0 aliphatic carbocycles. The van der Waals surface area contributed by atoms with E-state index in [-0.39, 0.29) is 5.91 Å². The number of carbonyl (C=O) groups excluding carboxylic acids is 1. The van der Waals surface area contributed by atoms with Crippen molar-refractivity contribution in [2.45, 2.75) is 39.9 Å². The number of anilines is 1. The lowest BCUT2D eigenvalue weighted by molar-refractivity contribution is 0.0950. The highest BCUT2D eigenvalue weighted by Gasteiger charge is 2.18. The topological polar surface area (TPSA) is 59.4 Å². The summed E-state index contributed by atoms with van der Waals surface area (Å²) < 4.78 is 7.71. The molecule has 6 nitrogen and oxygen atoms in total. The van der Waals surface area contributed by atoms with E-state index in [0.29, 0.717) is 18.7 Å². The number of benzene rings is 2. The largest absolute Gasteiger partial charge is 0.494 e. The lowest BCUT2D eigenvalue weighted by Gasteiger charge is -2.29. The van der Waals surface area contributed by atoms with Crippen LogP contribution in [-0.2, 0) is 19.6 Å². The number of hydrogen-bond acceptors (Lipinski definition) is 4. The predicted octanol–water partition coefficient (Wildman–Crippen LogP) is 3.93. The van der Waals surface area contributed by atoms with Crippen LogP contribution < -0.4 is 15.0 Å². The summed E-state index contributed by atoms with van der Waals surface area (Å²) >= 11 is 0. The number of aryl methyl sites for hydroxylation is 2. The Morgan fingerprint density at radius 3 is 2.73 bits per heavy atom. The van der Waals surface area contributed by atoms with Crippen molar-refractivity contribution in [3.63, 3.8) is 0 Å². The maximum atomic E-state index is 12.6. The Bertz CT molecular complexity index is 1010. The molecule has 156 valence electrons. The molecule has 0 bridgehead atoms. The molecule has 0 radical (unpaired) electrons. The van der Waals surface area contributed by atoms with Crippen LogP contribution in [0.25, 0.3) is 0 Å². The van der Waals surface area contributed by atoms with E-state index in [9.17, 15) is 4.79 Å². The van der Waals surface area contributed by atoms with Gasteiger partial charge in [-0.2, -0.15) is 5.10 Å². The van der Waals surface area contributed by atoms with Crippen LogP contribution in [0, 0.1) is 6.92 Å². The summed E-state index contributed by atoms with van der Waals surface area (Å²) in [4.78, 5) is 14.9. The fourth-order valence-electron chi connectivity index (χ4n) is 3.84. The number of nitrogens with one attached hydrogen (secondary N) is 1. The van der Waals surface area contributed by atoms with Crippen molar-refractivity contribution in [1.29, 1.82) is 0 Å². The molecule has 1 aliphatic rings. The lowest BCUT2D eigenvalue weighted by atomic mass is 10.1. The van der Waals surface area contributed by atoms with Crippen molar-refractivity contribution in [1.82, 2.24) is 15.1 Å². The Morgan fingerprint density at radius 2 is 1.93 bits per heavy atom. The van der Waals surface area contributed by atoms with E-state index in [0.717, 1.165) is 43.1 Å². The molecule has 0 fully saturated rings. The van der Waals surface area contributed by atoms with Crippen molar-refractivity contribution in [3.8, 4) is 5.75 Å². The molecule has 0 saturated carbocycles. The molecular formula is C24H28N4O2. The van der Waals surface area contributed by atoms with Gasteiger partial charge in [0.05, 0.1) is 12.3 Å². The fraction of sp³-hybridized carbons (Fsp3) is 0.333. The Balaban J connectivity index is 1.37. The molecule has 30 heavy (non-hydrogen) atoms. The normalized spacial score (nSPS) is 13.1. The smallest absolute Gasteiger partial charge is 0.251 e. The molecule has 1 N–H and O–H groups in total. The molecule has 1 aromatic heterocycles. The van der Waals surface area contributed by atoms with Gasteiger partial charge in [0.1, 0.15) is 11.6 Å². The van der Waals surface area contributed by atoms with Gasteiger partial charge in [0, 0.05) is 43.4 Å². The number of nitrogens with zero attached hydrogens (tertiary/aromatic N) is 3. The molecule has 0 unspecified atom stereocenters. The highest BCUT2D eigenvalue weighted by atomic mass is 16.5. The van der Waals surface area contributed by atoms with Crippen LogP contribution >= 0.6 is 0 Å². The van der Waals surface area contributed by atoms with Crippen LogP contribution in [0.5, 0.6) is 5.75 Å². The molecular weight excluding hydrogens is 376 g/mol. The third-order valence-electron chi connectivity index (χ3n) is 5.30. The molecule has 0 atom stereocenters. The second kappa shape index (κ2) is 9.03. The molecule has 0 saturated heterocycles. The number of carbonyl (C=O) groups is 1. The minimum Gasteiger partial charge on any atom is -0.494 e. The molecule has 2 aromatic carbocycles. The molecule has 3 aromatic rings. The van der Waals surface area contributed by atoms with Gasteiger partial charge in [-0.3, -0.25) is 4.79 Å². The SMILES string of the molecule is CCOc1ccccc1CNC(=O)c1ccc(CN2CCCn3nc(C)cc32)cc1. The van der Waals surface area contributed by atoms with E-state index < -0.39 is 0 Å². The third kappa shape index (κ3) is 4.48. The number of hydrogen-bond donors (Lipinski definition) is 1. The summed E-state index contributed by atoms with van der Waals surface area (Å²) in [6.45, 7) is 7.84. The number of amides is 1. The molecule has 1 amide bonds. The minimum absolute atomic E-state index is 0.0838. The zero-order chi connectivity index (χ0) is 20.9. The van der Waals surface area contributed by atoms with E-state index in [1.54, 1.807) is 0 Å². The third-order valence-corrected chi connectivity index (χ3v) is 5.30. The first-order valence-corrected chi connectivity index (χ1v) is 10.5. The number of ether oxygens (including phenoxy) is 1. The summed E-state index contributed by atoms with van der Waals surface area (Å²) in [6.07, 6.45) is 1.10. The summed E-state index contributed by atoms with van der Waals surface area (Å²) in [6, 6.07) is 17.8. The highest BCUT2D eigenvalue weighted by Crippen LogP contribution is 2.23. The van der Waals surface area contributed by atoms with E-state index in [1.807, 2.05) is 62.4 Å². The summed E-state index contributed by atoms with van der Waals surface area (Å²) in [5.41, 5.74) is 3.86. The van der Waals surface area contributed by atoms with E-state index in [2.05, 4.69) is 26.1 Å². The van der Waals surface area contributed by atoms with Crippen molar-refractivity contribution in [2.75, 3.05) is 18.1 Å². The minimum atomic E-state index is -0.0838. The van der Waals surface area contributed by atoms with Gasteiger partial charge < -0.3 is 15.0 Å². The van der Waals surface area contributed by atoms with Gasteiger partial charge >= 0.3 is 0 Å². The van der Waals surface area contributed by atoms with E-state index >= 15 is 0 Å². The number of rotatable bonds is 7. The van der Waals surface area contributed by atoms with Gasteiger partial charge in [-0.1, -0.05) is 30.3 Å². The van der Waals surface area contributed by atoms with E-state index in [4.69, 9.17) is 4.74 Å². The van der Waals surface area contributed by atoms with Gasteiger partial charge in [0.15, 0.2) is 0 Å². The molecule has 0 spiro atoms. The Morgan fingerprint density at radius 1 is 1.13 bits per heavy atom. The standard InChI is InChI=1S/C24H28N4O2/c1-3-30-22-8-5-4-7-21(22)16-25-24(29)20-11-9-19(10-12-20)17-27-13-6-14-28-23(27)15-18(2)26-28/h4-5,7-12,15H,3,6,13-14,16-17H2,1-2H3,(H,25,29). The average Bonchev–Trinajstić information content (AvgIpc) is 3.15. The van der Waals surface area contributed by atoms with Crippen LogP contribution in [0.3, 0.4) is 0 Å². The highest BCUT2D eigenvalue weighted by molar-refractivity contribution is 5.94. The van der Waals surface area contributed by atoms with Gasteiger partial charge in [-0.05, 0) is 44.0 Å². The summed E-state index contributed by atoms with van der Waals surface area (Å²) in [5, 5.41) is 7.55. The Labute approximate surface area is 177 Å². The number of fused-ring (bicyclic) bond motifs is 1. The summed E-state index contributed by atoms with van der Waals surface area (Å²) in [5.74, 6) is 1.90. The number of para-hydroxylation sites is 1. The average molecular weight is 405 g/mol. The first-order chi connectivity index (χ1) is 14.6. The van der Waals surface area contributed by atoms with Crippen molar-refractivity contribution in [2.24, 2.45) is 0 Å². The van der Waals surface area contributed by atoms with Gasteiger partial charge in [0.25, 0.3) is 5.91 Å². The molecule has 2 heterocycles. The number of aromatic nitrogens is 2. The Hall–Kier alpha value is -3.28. The van der Waals surface area contributed by atoms with E-state index in [1.165, 1.54) is 11.4 Å². The maximum Gasteiger partial charge on any atom is 0.251 e. The van der Waals surface area contributed by atoms with Crippen molar-refractivity contribution in [3.05, 3.63) is 77.0 Å². The first kappa shape index (κ1) is 20.0. The molecule has 1 aliphatic heterocycles. The first-order valence-electron chi connectivity index (χ1n) is 10.5. The van der Waals surface area contributed by atoms with Crippen LogP contribution in [0.15, 0.2) is 54.6 Å². The predicted molar refractivity (Wildman–Crippen MR) is 118 cm³/mol. The molecule has 4 rings (SSSR count). The van der Waals surface area contributed by atoms with Crippen LogP contribution in [0.2, 0.25) is 0 Å². The fourth-order valence-corrected chi connectivity index (χ4v) is 3.84. The van der Waals surface area contributed by atoms with Gasteiger partial charge in [0.2, 0.25) is 0 Å². The van der Waals surface area contributed by atoms with Gasteiger partial charge in [-0.25, -0.2) is 4.68 Å². The maximum absolute atomic E-state index is 12.6. The van der Waals surface area contributed by atoms with Gasteiger partial charge in [-0.15, -0.1) is 0 Å². The van der Waals surface area contributed by atoms with Crippen molar-refractivity contribution < 1.29 is 9.53 Å². The zero-order valence-corrected chi connectivity index (χ0v) is 17.6. The van der Waals surface area contributed by atoms with Crippen LogP contribution in [-0.4, -0.2) is 28.8 Å². The monoisotopic (exact) mass is 404 g/mol. The Kier molecular flexibility index (Phi) is 6.02. The van der Waals surface area contributed by atoms with Crippen LogP contribution in [0.1, 0.15) is 40.5 Å².